The summed E-state index contributed by atoms with van der Waals surface area (Å²) in [5, 5.41) is 14.6. The molecule has 20 heavy (non-hydrogen) atoms. The minimum atomic E-state index is -1.04. The predicted octanol–water partition coefficient (Wildman–Crippen LogP) is 2.09. The Hall–Kier alpha value is -1.76. The molecule has 110 valence electrons. The number of aromatic nitrogens is 2. The van der Waals surface area contributed by atoms with Crippen LogP contribution in [0.2, 0.25) is 5.28 Å². The van der Waals surface area contributed by atoms with E-state index in [0.29, 0.717) is 18.1 Å². The summed E-state index contributed by atoms with van der Waals surface area (Å²) in [6.07, 6.45) is 5.34. The van der Waals surface area contributed by atoms with Crippen LogP contribution in [0.4, 0.5) is 16.3 Å². The number of amides is 1. The molecule has 0 aliphatic heterocycles. The van der Waals surface area contributed by atoms with E-state index in [1.165, 1.54) is 6.20 Å². The minimum Gasteiger partial charge on any atom is -0.465 e. The van der Waals surface area contributed by atoms with E-state index in [1.54, 1.807) is 0 Å². The molecular weight excluding hydrogens is 282 g/mol. The molecule has 0 bridgehead atoms. The fraction of sp³-hybridized carbons (Fsp3) is 0.583. The molecule has 8 heteroatoms. The number of hydrogen-bond acceptors (Lipinski definition) is 5. The topological polar surface area (TPSA) is 113 Å². The van der Waals surface area contributed by atoms with Crippen molar-refractivity contribution in [3.05, 3.63) is 11.5 Å². The lowest BCUT2D eigenvalue weighted by molar-refractivity contribution is 0.188. The predicted molar refractivity (Wildman–Crippen MR) is 76.9 cm³/mol. The molecule has 0 atom stereocenters. The van der Waals surface area contributed by atoms with Gasteiger partial charge in [0.25, 0.3) is 0 Å². The van der Waals surface area contributed by atoms with E-state index in [1.807, 2.05) is 0 Å². The van der Waals surface area contributed by atoms with Gasteiger partial charge in [-0.25, -0.2) is 9.78 Å². The Morgan fingerprint density at radius 1 is 1.45 bits per heavy atom. The largest absolute Gasteiger partial charge is 0.465 e. The SMILES string of the molecule is Nc1cnc(Cl)nc1NC1(CNC(=O)O)CCCCC1. The van der Waals surface area contributed by atoms with E-state index in [0.717, 1.165) is 32.1 Å². The first-order chi connectivity index (χ1) is 9.51. The third-order valence-corrected chi connectivity index (χ3v) is 3.74. The summed E-state index contributed by atoms with van der Waals surface area (Å²) in [4.78, 5) is 18.6. The monoisotopic (exact) mass is 299 g/mol. The van der Waals surface area contributed by atoms with Crippen LogP contribution in [-0.2, 0) is 0 Å². The molecule has 0 unspecified atom stereocenters. The summed E-state index contributed by atoms with van der Waals surface area (Å²) < 4.78 is 0. The number of carboxylic acid groups (broad SMARTS) is 1. The Bertz CT molecular complexity index is 491. The second-order valence-electron chi connectivity index (χ2n) is 5.07. The molecule has 7 nitrogen and oxygen atoms in total. The molecule has 0 saturated heterocycles. The van der Waals surface area contributed by atoms with Crippen molar-refractivity contribution in [3.8, 4) is 0 Å². The molecule has 1 aliphatic rings. The van der Waals surface area contributed by atoms with Crippen molar-refractivity contribution in [2.24, 2.45) is 0 Å². The van der Waals surface area contributed by atoms with Gasteiger partial charge in [-0.1, -0.05) is 19.3 Å². The molecule has 1 amide bonds. The summed E-state index contributed by atoms with van der Waals surface area (Å²) >= 11 is 5.78. The van der Waals surface area contributed by atoms with E-state index in [4.69, 9.17) is 22.4 Å². The first-order valence-electron chi connectivity index (χ1n) is 6.54. The van der Waals surface area contributed by atoms with E-state index in [2.05, 4.69) is 20.6 Å². The Morgan fingerprint density at radius 3 is 2.80 bits per heavy atom. The zero-order chi connectivity index (χ0) is 14.6. The summed E-state index contributed by atoms with van der Waals surface area (Å²) in [6, 6.07) is 0. The fourth-order valence-corrected chi connectivity index (χ4v) is 2.67. The standard InChI is InChI=1S/C12H18ClN5O2/c13-10-15-6-8(14)9(17-10)18-12(7-16-11(19)20)4-2-1-3-5-12/h6,16H,1-5,7,14H2,(H,19,20)(H,15,17,18). The van der Waals surface area contributed by atoms with Gasteiger partial charge in [-0.05, 0) is 24.4 Å². The van der Waals surface area contributed by atoms with Gasteiger partial charge in [0.05, 0.1) is 17.4 Å². The number of nitrogen functional groups attached to an aromatic ring is 1. The average Bonchev–Trinajstić information content (AvgIpc) is 2.42. The van der Waals surface area contributed by atoms with Crippen molar-refractivity contribution in [2.75, 3.05) is 17.6 Å². The first kappa shape index (κ1) is 14.6. The molecule has 2 rings (SSSR count). The van der Waals surface area contributed by atoms with Crippen LogP contribution in [0.5, 0.6) is 0 Å². The molecule has 1 aromatic rings. The second kappa shape index (κ2) is 6.13. The fourth-order valence-electron chi connectivity index (χ4n) is 2.54. The van der Waals surface area contributed by atoms with Crippen molar-refractivity contribution in [2.45, 2.75) is 37.6 Å². The van der Waals surface area contributed by atoms with Crippen LogP contribution in [0.3, 0.4) is 0 Å². The number of nitrogens with two attached hydrogens (primary N) is 1. The quantitative estimate of drug-likeness (QED) is 0.633. The molecule has 0 radical (unpaired) electrons. The van der Waals surface area contributed by atoms with Gasteiger partial charge in [0.15, 0.2) is 5.82 Å². The minimum absolute atomic E-state index is 0.110. The molecule has 1 heterocycles. The van der Waals surface area contributed by atoms with Crippen molar-refractivity contribution in [1.82, 2.24) is 15.3 Å². The Morgan fingerprint density at radius 2 is 2.15 bits per heavy atom. The lowest BCUT2D eigenvalue weighted by atomic mass is 9.81. The third kappa shape index (κ3) is 3.63. The number of hydrogen-bond donors (Lipinski definition) is 4. The maximum atomic E-state index is 10.7. The highest BCUT2D eigenvalue weighted by Gasteiger charge is 2.33. The van der Waals surface area contributed by atoms with E-state index < -0.39 is 6.09 Å². The Kier molecular flexibility index (Phi) is 4.49. The van der Waals surface area contributed by atoms with Gasteiger partial charge in [-0.2, -0.15) is 4.98 Å². The molecule has 1 aromatic heterocycles. The number of halogens is 1. The van der Waals surface area contributed by atoms with Crippen LogP contribution in [-0.4, -0.2) is 33.3 Å². The highest BCUT2D eigenvalue weighted by Crippen LogP contribution is 2.32. The van der Waals surface area contributed by atoms with Gasteiger partial charge in [-0.15, -0.1) is 0 Å². The normalized spacial score (nSPS) is 17.4. The summed E-state index contributed by atoms with van der Waals surface area (Å²) in [5.74, 6) is 0.457. The maximum Gasteiger partial charge on any atom is 0.404 e. The molecule has 5 N–H and O–H groups in total. The average molecular weight is 300 g/mol. The number of nitrogens with zero attached hydrogens (tertiary/aromatic N) is 2. The highest BCUT2D eigenvalue weighted by molar-refractivity contribution is 6.28. The number of nitrogens with one attached hydrogen (secondary N) is 2. The number of carbonyl (C=O) groups is 1. The zero-order valence-corrected chi connectivity index (χ0v) is 11.8. The van der Waals surface area contributed by atoms with Crippen molar-refractivity contribution < 1.29 is 9.90 Å². The number of rotatable bonds is 4. The first-order valence-corrected chi connectivity index (χ1v) is 6.92. The van der Waals surface area contributed by atoms with Gasteiger partial charge < -0.3 is 21.5 Å². The molecule has 1 fully saturated rings. The van der Waals surface area contributed by atoms with E-state index in [9.17, 15) is 4.79 Å². The zero-order valence-electron chi connectivity index (χ0n) is 11.0. The maximum absolute atomic E-state index is 10.7. The van der Waals surface area contributed by atoms with Gasteiger partial charge in [0, 0.05) is 6.54 Å². The molecular formula is C12H18ClN5O2. The van der Waals surface area contributed by atoms with Crippen LogP contribution in [0, 0.1) is 0 Å². The summed E-state index contributed by atoms with van der Waals surface area (Å²) in [6.45, 7) is 0.309. The summed E-state index contributed by atoms with van der Waals surface area (Å²) in [7, 11) is 0. The summed E-state index contributed by atoms with van der Waals surface area (Å²) in [5.41, 5.74) is 5.86. The van der Waals surface area contributed by atoms with Gasteiger partial charge in [0.2, 0.25) is 5.28 Å². The van der Waals surface area contributed by atoms with Crippen molar-refractivity contribution in [1.29, 1.82) is 0 Å². The van der Waals surface area contributed by atoms with E-state index in [-0.39, 0.29) is 10.8 Å². The lowest BCUT2D eigenvalue weighted by Crippen LogP contribution is -2.50. The van der Waals surface area contributed by atoms with E-state index >= 15 is 0 Å². The Balaban J connectivity index is 2.18. The third-order valence-electron chi connectivity index (χ3n) is 3.56. The van der Waals surface area contributed by atoms with Gasteiger partial charge >= 0.3 is 6.09 Å². The number of anilines is 2. The van der Waals surface area contributed by atoms with Gasteiger partial charge in [-0.3, -0.25) is 0 Å². The van der Waals surface area contributed by atoms with Gasteiger partial charge in [0.1, 0.15) is 0 Å². The molecule has 0 aromatic carbocycles. The van der Waals surface area contributed by atoms with Crippen LogP contribution in [0.25, 0.3) is 0 Å². The second-order valence-corrected chi connectivity index (χ2v) is 5.41. The Labute approximate surface area is 121 Å². The van der Waals surface area contributed by atoms with Crippen molar-refractivity contribution in [3.63, 3.8) is 0 Å². The van der Waals surface area contributed by atoms with Crippen LogP contribution in [0.15, 0.2) is 6.20 Å². The van der Waals surface area contributed by atoms with Crippen LogP contribution >= 0.6 is 11.6 Å². The molecule has 1 aliphatic carbocycles. The van der Waals surface area contributed by atoms with Crippen LogP contribution in [0.1, 0.15) is 32.1 Å². The molecule has 0 spiro atoms. The van der Waals surface area contributed by atoms with Crippen molar-refractivity contribution >= 4 is 29.2 Å². The molecule has 1 saturated carbocycles. The van der Waals surface area contributed by atoms with Crippen LogP contribution < -0.4 is 16.4 Å². The highest BCUT2D eigenvalue weighted by atomic mass is 35.5. The lowest BCUT2D eigenvalue weighted by Gasteiger charge is -2.38. The smallest absolute Gasteiger partial charge is 0.404 e.